The van der Waals surface area contributed by atoms with Gasteiger partial charge >= 0.3 is 0 Å². The van der Waals surface area contributed by atoms with E-state index < -0.39 is 0 Å². The fraction of sp³-hybridized carbons (Fsp3) is 0.500. The Kier molecular flexibility index (Phi) is 11.5. The molecule has 2 aliphatic heterocycles. The fourth-order valence-corrected chi connectivity index (χ4v) is 6.67. The van der Waals surface area contributed by atoms with E-state index in [1.807, 2.05) is 43.0 Å². The summed E-state index contributed by atoms with van der Waals surface area (Å²) in [5.41, 5.74) is 6.02. The van der Waals surface area contributed by atoms with Crippen LogP contribution >= 0.6 is 0 Å². The van der Waals surface area contributed by atoms with E-state index in [0.29, 0.717) is 11.3 Å². The zero-order valence-electron chi connectivity index (χ0n) is 28.2. The van der Waals surface area contributed by atoms with Crippen LogP contribution in [0.25, 0.3) is 10.9 Å². The molecule has 7 nitrogen and oxygen atoms in total. The lowest BCUT2D eigenvalue weighted by Crippen LogP contribution is -2.48. The first-order valence-electron chi connectivity index (χ1n) is 17.1. The Morgan fingerprint density at radius 1 is 0.822 bits per heavy atom. The molecule has 0 N–H and O–H groups in total. The minimum absolute atomic E-state index is 0.0853. The maximum absolute atomic E-state index is 13.4. The van der Waals surface area contributed by atoms with Gasteiger partial charge < -0.3 is 24.0 Å². The van der Waals surface area contributed by atoms with Crippen molar-refractivity contribution in [3.63, 3.8) is 0 Å². The minimum Gasteiger partial charge on any atom is -0.457 e. The highest BCUT2D eigenvalue weighted by molar-refractivity contribution is 5.94. The van der Waals surface area contributed by atoms with Crippen molar-refractivity contribution in [1.29, 1.82) is 0 Å². The minimum atomic E-state index is 0.0853. The largest absolute Gasteiger partial charge is 0.457 e. The van der Waals surface area contributed by atoms with Crippen LogP contribution in [-0.2, 0) is 6.54 Å². The van der Waals surface area contributed by atoms with Crippen LogP contribution in [0.15, 0.2) is 66.3 Å². The molecule has 1 aromatic heterocycles. The maximum atomic E-state index is 13.4. The van der Waals surface area contributed by atoms with Crippen LogP contribution in [0, 0.1) is 13.8 Å². The first-order valence-corrected chi connectivity index (χ1v) is 17.1. The van der Waals surface area contributed by atoms with E-state index in [-0.39, 0.29) is 5.91 Å². The topological polar surface area (TPSA) is 44.2 Å². The van der Waals surface area contributed by atoms with E-state index in [4.69, 9.17) is 4.74 Å². The summed E-state index contributed by atoms with van der Waals surface area (Å²) < 4.78 is 8.79. The molecular formula is C38H53N5O2. The number of carbonyl (C=O) groups excluding carboxylic acids is 1. The second-order valence-corrected chi connectivity index (χ2v) is 12.5. The van der Waals surface area contributed by atoms with Gasteiger partial charge in [0.05, 0.1) is 0 Å². The number of rotatable bonds is 10. The Hall–Kier alpha value is -3.39. The molecule has 0 spiro atoms. The third kappa shape index (κ3) is 8.26. The molecular weight excluding hydrogens is 558 g/mol. The average molecular weight is 612 g/mol. The zero-order valence-corrected chi connectivity index (χ0v) is 28.2. The summed E-state index contributed by atoms with van der Waals surface area (Å²) in [6.45, 7) is 19.7. The van der Waals surface area contributed by atoms with Crippen LogP contribution in [0.5, 0.6) is 11.5 Å². The number of ether oxygens (including phenoxy) is 1. The van der Waals surface area contributed by atoms with Crippen molar-refractivity contribution in [1.82, 2.24) is 24.2 Å². The van der Waals surface area contributed by atoms with E-state index in [9.17, 15) is 4.79 Å². The number of allylic oxidation sites excluding steroid dienone is 3. The Morgan fingerprint density at radius 2 is 1.53 bits per heavy atom. The molecule has 1 aliphatic carbocycles. The molecule has 0 saturated carbocycles. The summed E-state index contributed by atoms with van der Waals surface area (Å²) in [6.07, 6.45) is 10.1. The molecule has 7 heteroatoms. The van der Waals surface area contributed by atoms with Gasteiger partial charge in [-0.05, 0) is 88.7 Å². The summed E-state index contributed by atoms with van der Waals surface area (Å²) in [7, 11) is 2.21. The molecule has 0 bridgehead atoms. The van der Waals surface area contributed by atoms with Crippen molar-refractivity contribution >= 4 is 16.8 Å². The Labute approximate surface area is 270 Å². The summed E-state index contributed by atoms with van der Waals surface area (Å²) in [4.78, 5) is 22.8. The number of nitrogens with zero attached hydrogens (tertiary/aromatic N) is 5. The lowest BCUT2D eigenvalue weighted by Gasteiger charge is -2.34. The molecule has 2 fully saturated rings. The molecule has 0 radical (unpaired) electrons. The van der Waals surface area contributed by atoms with Gasteiger partial charge in [-0.2, -0.15) is 0 Å². The molecule has 1 amide bonds. The van der Waals surface area contributed by atoms with Gasteiger partial charge in [0.25, 0.3) is 5.91 Å². The number of aryl methyl sites for hydroxylation is 2. The smallest absolute Gasteiger partial charge is 0.254 e. The standard InChI is InChI=1S/C36H47N5O2.C2H6/c1-28-29(2)41(16-7-15-38-20-18-37(3)19-21-38)35-13-12-33(27-34(28)35)43-32-11-6-10-31(26-32)36(42)40-24-22-39(23-25-40)17-14-30-8-4-5-9-30;1-2/h4,6,8-13,26-27H,5,7,14-25H2,1-3H3;1-2H3. The predicted molar refractivity (Wildman–Crippen MR) is 187 cm³/mol. The van der Waals surface area contributed by atoms with E-state index in [2.05, 4.69) is 76.6 Å². The van der Waals surface area contributed by atoms with Crippen molar-refractivity contribution in [3.05, 3.63) is 83.1 Å². The zero-order chi connectivity index (χ0) is 31.8. The van der Waals surface area contributed by atoms with Crippen LogP contribution in [0.4, 0.5) is 0 Å². The van der Waals surface area contributed by atoms with Crippen LogP contribution in [0.1, 0.15) is 54.7 Å². The number of carbonyl (C=O) groups is 1. The highest BCUT2D eigenvalue weighted by atomic mass is 16.5. The van der Waals surface area contributed by atoms with E-state index >= 15 is 0 Å². The molecule has 242 valence electrons. The summed E-state index contributed by atoms with van der Waals surface area (Å²) >= 11 is 0. The van der Waals surface area contributed by atoms with Gasteiger partial charge in [-0.3, -0.25) is 9.69 Å². The van der Waals surface area contributed by atoms with Crippen LogP contribution in [-0.4, -0.2) is 103 Å². The molecule has 3 aliphatic rings. The van der Waals surface area contributed by atoms with Crippen molar-refractivity contribution in [3.8, 4) is 11.5 Å². The fourth-order valence-electron chi connectivity index (χ4n) is 6.67. The van der Waals surface area contributed by atoms with Crippen molar-refractivity contribution in [2.24, 2.45) is 0 Å². The Morgan fingerprint density at radius 3 is 2.27 bits per heavy atom. The van der Waals surface area contributed by atoms with Crippen LogP contribution < -0.4 is 4.74 Å². The van der Waals surface area contributed by atoms with Gasteiger partial charge in [0.1, 0.15) is 11.5 Å². The first kappa shape index (κ1) is 33.0. The molecule has 45 heavy (non-hydrogen) atoms. The number of hydrogen-bond acceptors (Lipinski definition) is 5. The number of benzene rings is 2. The summed E-state index contributed by atoms with van der Waals surface area (Å²) in [5, 5.41) is 1.24. The van der Waals surface area contributed by atoms with E-state index in [1.54, 1.807) is 0 Å². The summed E-state index contributed by atoms with van der Waals surface area (Å²) in [5.74, 6) is 1.58. The highest BCUT2D eigenvalue weighted by Crippen LogP contribution is 2.31. The number of fused-ring (bicyclic) bond motifs is 1. The molecule has 3 heterocycles. The number of piperazine rings is 2. The van der Waals surface area contributed by atoms with Gasteiger partial charge in [0.15, 0.2) is 0 Å². The third-order valence-electron chi connectivity index (χ3n) is 9.60. The quantitative estimate of drug-likeness (QED) is 0.254. The molecule has 2 saturated heterocycles. The highest BCUT2D eigenvalue weighted by Gasteiger charge is 2.23. The number of aromatic nitrogens is 1. The molecule has 0 atom stereocenters. The third-order valence-corrected chi connectivity index (χ3v) is 9.60. The van der Waals surface area contributed by atoms with Gasteiger partial charge in [0, 0.05) is 87.6 Å². The van der Waals surface area contributed by atoms with Crippen molar-refractivity contribution < 1.29 is 9.53 Å². The number of likely N-dealkylation sites (N-methyl/N-ethyl adjacent to an activating group) is 1. The normalized spacial score (nSPS) is 17.8. The van der Waals surface area contributed by atoms with Gasteiger partial charge in [0.2, 0.25) is 0 Å². The van der Waals surface area contributed by atoms with Crippen molar-refractivity contribution in [2.45, 2.75) is 53.5 Å². The lowest BCUT2D eigenvalue weighted by atomic mass is 10.1. The Balaban J connectivity index is 0.00000196. The second-order valence-electron chi connectivity index (χ2n) is 12.5. The molecule has 3 aromatic rings. The van der Waals surface area contributed by atoms with Crippen LogP contribution in [0.3, 0.4) is 0 Å². The SMILES string of the molecule is CC.Cc1c(C)n(CCCN2CCN(C)CC2)c2ccc(Oc3cccc(C(=O)N4CCN(CCC5=CCC=C5)CC4)c3)cc12. The lowest BCUT2D eigenvalue weighted by molar-refractivity contribution is 0.0638. The van der Waals surface area contributed by atoms with Gasteiger partial charge in [-0.15, -0.1) is 0 Å². The monoisotopic (exact) mass is 611 g/mol. The van der Waals surface area contributed by atoms with Gasteiger partial charge in [-0.1, -0.05) is 43.7 Å². The van der Waals surface area contributed by atoms with E-state index in [1.165, 1.54) is 53.9 Å². The van der Waals surface area contributed by atoms with E-state index in [0.717, 1.165) is 70.8 Å². The number of hydrogen-bond donors (Lipinski definition) is 0. The number of amides is 1. The Bertz CT molecular complexity index is 1490. The first-order chi connectivity index (χ1) is 21.9. The second kappa shape index (κ2) is 15.7. The molecule has 6 rings (SSSR count). The average Bonchev–Trinajstić information content (AvgIpc) is 3.68. The maximum Gasteiger partial charge on any atom is 0.254 e. The molecule has 2 aromatic carbocycles. The van der Waals surface area contributed by atoms with Crippen molar-refractivity contribution in [2.75, 3.05) is 72.5 Å². The van der Waals surface area contributed by atoms with Gasteiger partial charge in [-0.25, -0.2) is 0 Å². The summed E-state index contributed by atoms with van der Waals surface area (Å²) in [6, 6.07) is 14.1. The predicted octanol–water partition coefficient (Wildman–Crippen LogP) is 6.75. The molecule has 0 unspecified atom stereocenters. The van der Waals surface area contributed by atoms with Crippen LogP contribution in [0.2, 0.25) is 0 Å².